The first-order valence-corrected chi connectivity index (χ1v) is 6.77. The molecular weight excluding hydrogens is 278 g/mol. The van der Waals surface area contributed by atoms with Gasteiger partial charge in [0, 0.05) is 19.4 Å². The van der Waals surface area contributed by atoms with E-state index in [9.17, 15) is 19.2 Å². The minimum atomic E-state index is -0.697. The van der Waals surface area contributed by atoms with Crippen LogP contribution < -0.4 is 16.0 Å². The van der Waals surface area contributed by atoms with Crippen LogP contribution >= 0.6 is 0 Å². The summed E-state index contributed by atoms with van der Waals surface area (Å²) in [6.07, 6.45) is -0.0870. The van der Waals surface area contributed by atoms with Gasteiger partial charge in [-0.1, -0.05) is 0 Å². The van der Waals surface area contributed by atoms with Crippen LogP contribution in [-0.2, 0) is 19.1 Å². The van der Waals surface area contributed by atoms with Gasteiger partial charge in [-0.05, 0) is 27.2 Å². The molecule has 1 aliphatic heterocycles. The molecule has 1 heterocycles. The molecule has 8 nitrogen and oxygen atoms in total. The highest BCUT2D eigenvalue weighted by atomic mass is 16.6. The normalized spacial score (nSPS) is 18.7. The molecule has 0 aliphatic carbocycles. The molecule has 8 heteroatoms. The smallest absolute Gasteiger partial charge is 0.407 e. The zero-order valence-electron chi connectivity index (χ0n) is 12.4. The highest BCUT2D eigenvalue weighted by molar-refractivity contribution is 6.01. The fourth-order valence-electron chi connectivity index (χ4n) is 1.69. The zero-order chi connectivity index (χ0) is 16.0. The number of hydrogen-bond donors (Lipinski definition) is 3. The summed E-state index contributed by atoms with van der Waals surface area (Å²) in [6, 6.07) is -0.697. The van der Waals surface area contributed by atoms with E-state index in [1.807, 2.05) is 0 Å². The second kappa shape index (κ2) is 7.05. The van der Waals surface area contributed by atoms with Crippen molar-refractivity contribution in [3.8, 4) is 0 Å². The van der Waals surface area contributed by atoms with Crippen LogP contribution in [0.5, 0.6) is 0 Å². The Hall–Kier alpha value is -2.12. The van der Waals surface area contributed by atoms with Gasteiger partial charge in [-0.3, -0.25) is 19.7 Å². The number of piperidine rings is 1. The minimum absolute atomic E-state index is 0.0248. The second-order valence-corrected chi connectivity index (χ2v) is 5.75. The Morgan fingerprint density at radius 2 is 2.00 bits per heavy atom. The van der Waals surface area contributed by atoms with Gasteiger partial charge in [0.25, 0.3) is 0 Å². The summed E-state index contributed by atoms with van der Waals surface area (Å²) in [5, 5.41) is 7.12. The molecule has 4 amide bonds. The van der Waals surface area contributed by atoms with Crippen molar-refractivity contribution >= 4 is 23.8 Å². The Balaban J connectivity index is 2.24. The summed E-state index contributed by atoms with van der Waals surface area (Å²) >= 11 is 0. The molecule has 1 unspecified atom stereocenters. The Morgan fingerprint density at radius 1 is 1.33 bits per heavy atom. The summed E-state index contributed by atoms with van der Waals surface area (Å²) in [5.74, 6) is -1.21. The highest BCUT2D eigenvalue weighted by Gasteiger charge is 2.27. The van der Waals surface area contributed by atoms with Crippen LogP contribution in [0.25, 0.3) is 0 Å². The SMILES string of the molecule is CC(C)(C)OC(=O)NCCC(=O)NC1CCC(=O)NC1=O. The maximum Gasteiger partial charge on any atom is 0.407 e. The molecule has 0 bridgehead atoms. The Bertz CT molecular complexity index is 442. The fourth-order valence-corrected chi connectivity index (χ4v) is 1.69. The van der Waals surface area contributed by atoms with Crippen LogP contribution in [0.4, 0.5) is 4.79 Å². The first-order chi connectivity index (χ1) is 9.67. The quantitative estimate of drug-likeness (QED) is 0.623. The number of imide groups is 1. The summed E-state index contributed by atoms with van der Waals surface area (Å²) in [7, 11) is 0. The van der Waals surface area contributed by atoms with Gasteiger partial charge in [0.1, 0.15) is 11.6 Å². The van der Waals surface area contributed by atoms with Gasteiger partial charge >= 0.3 is 6.09 Å². The van der Waals surface area contributed by atoms with E-state index in [2.05, 4.69) is 16.0 Å². The van der Waals surface area contributed by atoms with Gasteiger partial charge in [0.05, 0.1) is 0 Å². The lowest BCUT2D eigenvalue weighted by Crippen LogP contribution is -2.52. The lowest BCUT2D eigenvalue weighted by molar-refractivity contribution is -0.137. The topological polar surface area (TPSA) is 114 Å². The summed E-state index contributed by atoms with van der Waals surface area (Å²) < 4.78 is 5.01. The molecule has 0 saturated carbocycles. The van der Waals surface area contributed by atoms with Crippen molar-refractivity contribution in [1.82, 2.24) is 16.0 Å². The van der Waals surface area contributed by atoms with E-state index in [1.165, 1.54) is 0 Å². The first kappa shape index (κ1) is 16.9. The van der Waals surface area contributed by atoms with Crippen molar-refractivity contribution in [3.05, 3.63) is 0 Å². The Morgan fingerprint density at radius 3 is 2.57 bits per heavy atom. The molecule has 0 spiro atoms. The number of rotatable bonds is 4. The maximum absolute atomic E-state index is 11.6. The molecular formula is C13H21N3O5. The van der Waals surface area contributed by atoms with Gasteiger partial charge in [0.2, 0.25) is 17.7 Å². The van der Waals surface area contributed by atoms with Crippen LogP contribution in [0.1, 0.15) is 40.0 Å². The van der Waals surface area contributed by atoms with Crippen LogP contribution in [-0.4, -0.2) is 42.0 Å². The first-order valence-electron chi connectivity index (χ1n) is 6.77. The molecule has 1 saturated heterocycles. The number of carbonyl (C=O) groups excluding carboxylic acids is 4. The van der Waals surface area contributed by atoms with Gasteiger partial charge in [-0.2, -0.15) is 0 Å². The highest BCUT2D eigenvalue weighted by Crippen LogP contribution is 2.06. The lowest BCUT2D eigenvalue weighted by Gasteiger charge is -2.22. The van der Waals surface area contributed by atoms with Gasteiger partial charge in [-0.25, -0.2) is 4.79 Å². The van der Waals surface area contributed by atoms with Crippen LogP contribution in [0, 0.1) is 0 Å². The van der Waals surface area contributed by atoms with Crippen LogP contribution in [0.3, 0.4) is 0 Å². The number of nitrogens with one attached hydrogen (secondary N) is 3. The minimum Gasteiger partial charge on any atom is -0.444 e. The third kappa shape index (κ3) is 6.73. The average molecular weight is 299 g/mol. The molecule has 1 aliphatic rings. The second-order valence-electron chi connectivity index (χ2n) is 5.75. The van der Waals surface area contributed by atoms with Crippen molar-refractivity contribution in [3.63, 3.8) is 0 Å². The van der Waals surface area contributed by atoms with Crippen molar-refractivity contribution in [2.45, 2.75) is 51.7 Å². The van der Waals surface area contributed by atoms with E-state index in [-0.39, 0.29) is 37.6 Å². The molecule has 0 aromatic rings. The molecule has 118 valence electrons. The number of carbonyl (C=O) groups is 4. The molecule has 0 radical (unpaired) electrons. The zero-order valence-corrected chi connectivity index (χ0v) is 12.4. The largest absolute Gasteiger partial charge is 0.444 e. The van der Waals surface area contributed by atoms with E-state index in [0.717, 1.165) is 0 Å². The number of amides is 4. The maximum atomic E-state index is 11.6. The molecule has 1 fully saturated rings. The van der Waals surface area contributed by atoms with E-state index in [1.54, 1.807) is 20.8 Å². The van der Waals surface area contributed by atoms with E-state index >= 15 is 0 Å². The fraction of sp³-hybridized carbons (Fsp3) is 0.692. The van der Waals surface area contributed by atoms with Crippen LogP contribution in [0.15, 0.2) is 0 Å². The summed E-state index contributed by atoms with van der Waals surface area (Å²) in [6.45, 7) is 5.32. The van der Waals surface area contributed by atoms with E-state index in [0.29, 0.717) is 0 Å². The van der Waals surface area contributed by atoms with E-state index in [4.69, 9.17) is 4.74 Å². The third-order valence-electron chi connectivity index (χ3n) is 2.59. The molecule has 3 N–H and O–H groups in total. The van der Waals surface area contributed by atoms with Crippen molar-refractivity contribution in [2.75, 3.05) is 6.54 Å². The van der Waals surface area contributed by atoms with Gasteiger partial charge < -0.3 is 15.4 Å². The van der Waals surface area contributed by atoms with E-state index < -0.39 is 23.6 Å². The summed E-state index contributed by atoms with van der Waals surface area (Å²) in [4.78, 5) is 45.4. The number of hydrogen-bond acceptors (Lipinski definition) is 5. The Labute approximate surface area is 123 Å². The predicted octanol–water partition coefficient (Wildman–Crippen LogP) is -0.177. The number of alkyl carbamates (subject to hydrolysis) is 1. The van der Waals surface area contributed by atoms with Gasteiger partial charge in [-0.15, -0.1) is 0 Å². The molecule has 21 heavy (non-hydrogen) atoms. The number of ether oxygens (including phenoxy) is 1. The van der Waals surface area contributed by atoms with Crippen molar-refractivity contribution < 1.29 is 23.9 Å². The standard InChI is InChI=1S/C13H21N3O5/c1-13(2,3)21-12(20)14-7-6-10(18)15-8-4-5-9(17)16-11(8)19/h8H,4-7H2,1-3H3,(H,14,20)(H,15,18)(H,16,17,19). The van der Waals surface area contributed by atoms with Gasteiger partial charge in [0.15, 0.2) is 0 Å². The lowest BCUT2D eigenvalue weighted by atomic mass is 10.1. The molecule has 1 atom stereocenters. The molecule has 0 aromatic carbocycles. The Kier molecular flexibility index (Phi) is 5.69. The molecule has 1 rings (SSSR count). The monoisotopic (exact) mass is 299 g/mol. The van der Waals surface area contributed by atoms with Crippen molar-refractivity contribution in [1.29, 1.82) is 0 Å². The van der Waals surface area contributed by atoms with Crippen LogP contribution in [0.2, 0.25) is 0 Å². The third-order valence-corrected chi connectivity index (χ3v) is 2.59. The summed E-state index contributed by atoms with van der Waals surface area (Å²) in [5.41, 5.74) is -0.598. The average Bonchev–Trinajstić information content (AvgIpc) is 2.30. The molecule has 0 aromatic heterocycles. The van der Waals surface area contributed by atoms with Crippen molar-refractivity contribution in [2.24, 2.45) is 0 Å². The predicted molar refractivity (Wildman–Crippen MR) is 73.2 cm³/mol.